The Morgan fingerprint density at radius 2 is 0.704 bits per heavy atom. The number of benzene rings is 3. The summed E-state index contributed by atoms with van der Waals surface area (Å²) in [5.41, 5.74) is 4.70. The maximum Gasteiger partial charge on any atom is 0.460 e. The summed E-state index contributed by atoms with van der Waals surface area (Å²) in [7, 11) is -7.70. The van der Waals surface area contributed by atoms with Crippen LogP contribution in [0.5, 0.6) is 0 Å². The minimum absolute atomic E-state index is 0.535. The third-order valence-corrected chi connectivity index (χ3v) is 14.5. The fraction of sp³-hybridized carbons (Fsp3) is 0.550. The van der Waals surface area contributed by atoms with Crippen LogP contribution in [0.15, 0.2) is 72.8 Å². The second kappa shape index (κ2) is 17.2. The molecule has 0 amide bonds. The van der Waals surface area contributed by atoms with Crippen molar-refractivity contribution in [2.45, 2.75) is 137 Å². The molecule has 0 saturated heterocycles. The van der Waals surface area contributed by atoms with Gasteiger partial charge in [0.15, 0.2) is 0 Å². The largest absolute Gasteiger partial charge is 0.460 e. The minimum Gasteiger partial charge on any atom is -0.281 e. The van der Waals surface area contributed by atoms with Gasteiger partial charge < -0.3 is 0 Å². The van der Waals surface area contributed by atoms with Crippen LogP contribution in [0.3, 0.4) is 0 Å². The van der Waals surface area contributed by atoms with Crippen LogP contribution in [-0.4, -0.2) is 36.2 Å². The molecule has 3 fully saturated rings. The third kappa shape index (κ3) is 9.31. The molecule has 0 radical (unpaired) electrons. The Kier molecular flexibility index (Phi) is 13.6. The molecule has 14 heteroatoms. The summed E-state index contributed by atoms with van der Waals surface area (Å²) >= 11 is 0. The highest BCUT2D eigenvalue weighted by Crippen LogP contribution is 2.54. The molecule has 3 aliphatic carbocycles. The van der Waals surface area contributed by atoms with E-state index in [0.717, 1.165) is 17.8 Å². The first kappa shape index (κ1) is 42.5. The zero-order chi connectivity index (χ0) is 39.4. The van der Waals surface area contributed by atoms with Crippen molar-refractivity contribution in [1.82, 2.24) is 0 Å². The Balaban J connectivity index is 0.000000281. The van der Waals surface area contributed by atoms with Crippen molar-refractivity contribution < 1.29 is 52.5 Å². The summed E-state index contributed by atoms with van der Waals surface area (Å²) in [6.07, 6.45) is 13.8. The first-order valence-corrected chi connectivity index (χ1v) is 21.4. The standard InChI is InChI=1S/C36H45P.C4HF9O3S/c1-4-10-28(11-5-1)31-16-22-34(23-17-31)37(35-24-18-32(19-25-35)29-12-6-2-7-13-29)36-26-20-33(21-27-36)30-14-8-3-9-15-30;5-1(6,3(9,10)11)2(7,8)4(12,13)17(14,15)16/h16-30H,1-15H2;(H,14,15,16). The summed E-state index contributed by atoms with van der Waals surface area (Å²) in [5.74, 6) is -12.4. The first-order valence-electron chi connectivity index (χ1n) is 18.6. The highest BCUT2D eigenvalue weighted by Gasteiger charge is 2.85. The molecule has 3 saturated carbocycles. The molecule has 0 bridgehead atoms. The van der Waals surface area contributed by atoms with Gasteiger partial charge in [-0.25, -0.2) is 0 Å². The molecule has 0 heterocycles. The molecule has 6 rings (SSSR count). The monoisotopic (exact) mass is 808 g/mol. The van der Waals surface area contributed by atoms with Gasteiger partial charge in [-0.1, -0.05) is 131 Å². The van der Waals surface area contributed by atoms with E-state index in [1.54, 1.807) is 16.7 Å². The zero-order valence-electron chi connectivity index (χ0n) is 29.8. The lowest BCUT2D eigenvalue weighted by Gasteiger charge is -2.31. The average Bonchev–Trinajstić information content (AvgIpc) is 3.16. The Labute approximate surface area is 312 Å². The normalized spacial score (nSPS) is 19.0. The molecule has 3 aromatic rings. The molecule has 0 unspecified atom stereocenters. The summed E-state index contributed by atoms with van der Waals surface area (Å²) in [6, 6.07) is 29.6. The first-order chi connectivity index (χ1) is 25.3. The van der Waals surface area contributed by atoms with E-state index < -0.39 is 41.3 Å². The molecule has 298 valence electrons. The number of halogens is 9. The average molecular weight is 809 g/mol. The van der Waals surface area contributed by atoms with Crippen molar-refractivity contribution in [2.24, 2.45) is 0 Å². The Bertz CT molecular complexity index is 1600. The lowest BCUT2D eigenvalue weighted by molar-refractivity contribution is -0.382. The van der Waals surface area contributed by atoms with Gasteiger partial charge >= 0.3 is 33.4 Å². The number of hydrogen-bond acceptors (Lipinski definition) is 2. The van der Waals surface area contributed by atoms with E-state index in [4.69, 9.17) is 4.55 Å². The Hall–Kier alpha value is -2.63. The van der Waals surface area contributed by atoms with Gasteiger partial charge in [-0.15, -0.1) is 0 Å². The molecule has 54 heavy (non-hydrogen) atoms. The summed E-state index contributed by atoms with van der Waals surface area (Å²) in [5, 5.41) is -2.49. The van der Waals surface area contributed by atoms with Gasteiger partial charge in [0.25, 0.3) is 0 Å². The van der Waals surface area contributed by atoms with Crippen molar-refractivity contribution in [2.75, 3.05) is 0 Å². The highest BCUT2D eigenvalue weighted by atomic mass is 32.2. The number of hydrogen-bond donors (Lipinski definition) is 1. The van der Waals surface area contributed by atoms with Crippen LogP contribution in [0.1, 0.15) is 131 Å². The van der Waals surface area contributed by atoms with Crippen molar-refractivity contribution >= 4 is 34.0 Å². The molecular weight excluding hydrogens is 762 g/mol. The van der Waals surface area contributed by atoms with E-state index in [9.17, 15) is 47.9 Å². The summed E-state index contributed by atoms with van der Waals surface area (Å²) < 4.78 is 134. The van der Waals surface area contributed by atoms with Gasteiger partial charge in [0.2, 0.25) is 0 Å². The second-order valence-electron chi connectivity index (χ2n) is 14.8. The van der Waals surface area contributed by atoms with Crippen LogP contribution in [0.4, 0.5) is 39.5 Å². The molecule has 0 aliphatic heterocycles. The van der Waals surface area contributed by atoms with Crippen LogP contribution in [0.2, 0.25) is 0 Å². The van der Waals surface area contributed by atoms with Crippen LogP contribution < -0.4 is 15.9 Å². The second-order valence-corrected chi connectivity index (χ2v) is 18.4. The van der Waals surface area contributed by atoms with Gasteiger partial charge in [0, 0.05) is 0 Å². The van der Waals surface area contributed by atoms with Crippen molar-refractivity contribution in [3.8, 4) is 0 Å². The van der Waals surface area contributed by atoms with E-state index in [-0.39, 0.29) is 0 Å². The van der Waals surface area contributed by atoms with Crippen LogP contribution >= 0.6 is 7.92 Å². The predicted molar refractivity (Wildman–Crippen MR) is 195 cm³/mol. The molecule has 0 atom stereocenters. The highest BCUT2D eigenvalue weighted by molar-refractivity contribution is 7.87. The van der Waals surface area contributed by atoms with E-state index in [0.29, 0.717) is 0 Å². The topological polar surface area (TPSA) is 54.4 Å². The lowest BCUT2D eigenvalue weighted by Crippen LogP contribution is -2.63. The molecular formula is C40H46F9O3PS. The molecule has 0 aromatic heterocycles. The van der Waals surface area contributed by atoms with Crippen molar-refractivity contribution in [3.63, 3.8) is 0 Å². The Morgan fingerprint density at radius 3 is 0.926 bits per heavy atom. The van der Waals surface area contributed by atoms with Gasteiger partial charge in [-0.3, -0.25) is 4.55 Å². The number of rotatable bonds is 9. The fourth-order valence-electron chi connectivity index (χ4n) is 7.96. The molecule has 0 spiro atoms. The van der Waals surface area contributed by atoms with Gasteiger partial charge in [-0.2, -0.15) is 47.9 Å². The smallest absolute Gasteiger partial charge is 0.281 e. The molecule has 3 nitrogen and oxygen atoms in total. The summed E-state index contributed by atoms with van der Waals surface area (Å²) in [6.45, 7) is 0. The van der Waals surface area contributed by atoms with Crippen LogP contribution in [-0.2, 0) is 10.1 Å². The maximum atomic E-state index is 12.2. The summed E-state index contributed by atoms with van der Waals surface area (Å²) in [4.78, 5) is 0. The fourth-order valence-corrected chi connectivity index (χ4v) is 10.7. The van der Waals surface area contributed by atoms with E-state index in [1.165, 1.54) is 112 Å². The number of alkyl halides is 9. The van der Waals surface area contributed by atoms with Gasteiger partial charge in [0.05, 0.1) is 0 Å². The molecule has 3 aliphatic rings. The Morgan fingerprint density at radius 1 is 0.444 bits per heavy atom. The van der Waals surface area contributed by atoms with E-state index in [2.05, 4.69) is 72.8 Å². The van der Waals surface area contributed by atoms with Crippen LogP contribution in [0.25, 0.3) is 0 Å². The van der Waals surface area contributed by atoms with E-state index >= 15 is 0 Å². The quantitative estimate of drug-likeness (QED) is 0.133. The van der Waals surface area contributed by atoms with Crippen molar-refractivity contribution in [1.29, 1.82) is 0 Å². The molecule has 1 N–H and O–H groups in total. The predicted octanol–water partition coefficient (Wildman–Crippen LogP) is 11.9. The third-order valence-electron chi connectivity index (χ3n) is 11.1. The SMILES string of the molecule is O=S(=O)(O)C(F)(F)C(F)(F)C(F)(F)C(F)(F)F.c1cc(P(c2ccc(C3CCCCC3)cc2)c2ccc(C3CCCCC3)cc2)ccc1C1CCCCC1. The van der Waals surface area contributed by atoms with Gasteiger partial charge in [0.1, 0.15) is 0 Å². The van der Waals surface area contributed by atoms with Crippen LogP contribution in [0, 0.1) is 0 Å². The zero-order valence-corrected chi connectivity index (χ0v) is 31.5. The van der Waals surface area contributed by atoms with Gasteiger partial charge in [-0.05, 0) is 96.8 Å². The van der Waals surface area contributed by atoms with E-state index in [1.807, 2.05) is 0 Å². The maximum absolute atomic E-state index is 12.2. The minimum atomic E-state index is -7.37. The van der Waals surface area contributed by atoms with Crippen molar-refractivity contribution in [3.05, 3.63) is 89.5 Å². The lowest BCUT2D eigenvalue weighted by atomic mass is 9.84. The molecule has 3 aromatic carbocycles.